The zero-order valence-electron chi connectivity index (χ0n) is 12.6. The number of hydrogen-bond acceptors (Lipinski definition) is 7. The Bertz CT molecular complexity index is 809. The van der Waals surface area contributed by atoms with Crippen molar-refractivity contribution >= 4 is 34.5 Å². The van der Waals surface area contributed by atoms with Crippen molar-refractivity contribution in [2.45, 2.75) is 0 Å². The molecule has 0 saturated heterocycles. The molecular weight excluding hydrogens is 314 g/mol. The standard InChI is InChI=1S/C15H15N5O2S/c1-20(2)10-5-3-9(4-6-10)18-14(21)11-12(19-22-13(11)16)15-17-7-8-23-15/h3-8H,16H2,1-2H3,(H,18,21). The van der Waals surface area contributed by atoms with Crippen LogP contribution in [0, 0.1) is 0 Å². The summed E-state index contributed by atoms with van der Waals surface area (Å²) in [5.41, 5.74) is 7.98. The Kier molecular flexibility index (Phi) is 3.98. The SMILES string of the molecule is CN(C)c1ccc(NC(=O)c2c(-c3nccs3)noc2N)cc1. The van der Waals surface area contributed by atoms with Gasteiger partial charge in [0.2, 0.25) is 5.88 Å². The summed E-state index contributed by atoms with van der Waals surface area (Å²) in [6.45, 7) is 0. The van der Waals surface area contributed by atoms with Crippen LogP contribution < -0.4 is 16.0 Å². The van der Waals surface area contributed by atoms with Crippen molar-refractivity contribution in [2.24, 2.45) is 0 Å². The number of nitrogens with zero attached hydrogens (tertiary/aromatic N) is 3. The van der Waals surface area contributed by atoms with E-state index in [1.807, 2.05) is 43.3 Å². The van der Waals surface area contributed by atoms with E-state index in [2.05, 4.69) is 15.5 Å². The van der Waals surface area contributed by atoms with Crippen LogP contribution in [0.3, 0.4) is 0 Å². The van der Waals surface area contributed by atoms with Gasteiger partial charge in [-0.1, -0.05) is 5.16 Å². The van der Waals surface area contributed by atoms with Gasteiger partial charge in [-0.15, -0.1) is 11.3 Å². The van der Waals surface area contributed by atoms with E-state index < -0.39 is 0 Å². The lowest BCUT2D eigenvalue weighted by Gasteiger charge is -2.13. The van der Waals surface area contributed by atoms with Crippen molar-refractivity contribution in [3.05, 3.63) is 41.4 Å². The van der Waals surface area contributed by atoms with Crippen LogP contribution in [0.15, 0.2) is 40.4 Å². The topological polar surface area (TPSA) is 97.3 Å². The Morgan fingerprint density at radius 3 is 2.65 bits per heavy atom. The Morgan fingerprint density at radius 2 is 2.04 bits per heavy atom. The van der Waals surface area contributed by atoms with Gasteiger partial charge in [-0.3, -0.25) is 4.79 Å². The Hall–Kier alpha value is -2.87. The summed E-state index contributed by atoms with van der Waals surface area (Å²) >= 11 is 1.36. The van der Waals surface area contributed by atoms with Crippen LogP contribution in [0.2, 0.25) is 0 Å². The second-order valence-electron chi connectivity index (χ2n) is 5.00. The molecule has 0 fully saturated rings. The molecule has 7 nitrogen and oxygen atoms in total. The van der Waals surface area contributed by atoms with Crippen molar-refractivity contribution < 1.29 is 9.32 Å². The highest BCUT2D eigenvalue weighted by Crippen LogP contribution is 2.29. The molecular formula is C15H15N5O2S. The first kappa shape index (κ1) is 15.0. The number of nitrogens with two attached hydrogens (primary N) is 1. The number of carbonyl (C=O) groups is 1. The molecule has 0 aliphatic heterocycles. The normalized spacial score (nSPS) is 10.5. The molecule has 118 valence electrons. The maximum Gasteiger partial charge on any atom is 0.263 e. The van der Waals surface area contributed by atoms with E-state index in [1.54, 1.807) is 11.6 Å². The van der Waals surface area contributed by atoms with Crippen molar-refractivity contribution in [3.63, 3.8) is 0 Å². The second kappa shape index (κ2) is 6.09. The molecule has 0 saturated carbocycles. The average molecular weight is 329 g/mol. The van der Waals surface area contributed by atoms with E-state index in [4.69, 9.17) is 10.3 Å². The highest BCUT2D eigenvalue weighted by Gasteiger charge is 2.24. The van der Waals surface area contributed by atoms with E-state index in [1.165, 1.54) is 11.3 Å². The molecule has 0 atom stereocenters. The number of nitrogen functional groups attached to an aromatic ring is 1. The summed E-state index contributed by atoms with van der Waals surface area (Å²) in [6.07, 6.45) is 1.63. The molecule has 0 aliphatic rings. The van der Waals surface area contributed by atoms with Crippen molar-refractivity contribution in [1.29, 1.82) is 0 Å². The number of nitrogens with one attached hydrogen (secondary N) is 1. The smallest absolute Gasteiger partial charge is 0.263 e. The number of aromatic nitrogens is 2. The first-order chi connectivity index (χ1) is 11.1. The molecule has 0 radical (unpaired) electrons. The van der Waals surface area contributed by atoms with Crippen LogP contribution in [0.1, 0.15) is 10.4 Å². The largest absolute Gasteiger partial charge is 0.378 e. The molecule has 3 rings (SSSR count). The van der Waals surface area contributed by atoms with Gasteiger partial charge >= 0.3 is 0 Å². The van der Waals surface area contributed by atoms with Gasteiger partial charge in [-0.05, 0) is 24.3 Å². The molecule has 2 heterocycles. The van der Waals surface area contributed by atoms with E-state index in [9.17, 15) is 4.79 Å². The number of benzene rings is 1. The number of hydrogen-bond donors (Lipinski definition) is 2. The summed E-state index contributed by atoms with van der Waals surface area (Å²) < 4.78 is 4.96. The maximum atomic E-state index is 12.5. The number of rotatable bonds is 4. The average Bonchev–Trinajstić information content (AvgIpc) is 3.16. The van der Waals surface area contributed by atoms with Crippen molar-refractivity contribution in [3.8, 4) is 10.7 Å². The van der Waals surface area contributed by atoms with Crippen molar-refractivity contribution in [2.75, 3.05) is 30.0 Å². The fourth-order valence-electron chi connectivity index (χ4n) is 2.05. The maximum absolute atomic E-state index is 12.5. The quantitative estimate of drug-likeness (QED) is 0.764. The van der Waals surface area contributed by atoms with Gasteiger partial charge < -0.3 is 20.5 Å². The van der Waals surface area contributed by atoms with Crippen LogP contribution in [0.5, 0.6) is 0 Å². The molecule has 8 heteroatoms. The fourth-order valence-corrected chi connectivity index (χ4v) is 2.67. The fraction of sp³-hybridized carbons (Fsp3) is 0.133. The Morgan fingerprint density at radius 1 is 1.30 bits per heavy atom. The third kappa shape index (κ3) is 3.02. The summed E-state index contributed by atoms with van der Waals surface area (Å²) in [6, 6.07) is 7.46. The Labute approximate surface area is 136 Å². The molecule has 2 aromatic heterocycles. The predicted octanol–water partition coefficient (Wildman–Crippen LogP) is 2.70. The summed E-state index contributed by atoms with van der Waals surface area (Å²) in [5, 5.41) is 9.01. The molecule has 23 heavy (non-hydrogen) atoms. The zero-order valence-corrected chi connectivity index (χ0v) is 13.4. The van der Waals surface area contributed by atoms with Gasteiger partial charge in [-0.25, -0.2) is 4.98 Å². The minimum atomic E-state index is -0.383. The van der Waals surface area contributed by atoms with Gasteiger partial charge in [0.05, 0.1) is 0 Å². The minimum Gasteiger partial charge on any atom is -0.378 e. The number of thiazole rings is 1. The highest BCUT2D eigenvalue weighted by molar-refractivity contribution is 7.13. The van der Waals surface area contributed by atoms with Gasteiger partial charge in [-0.2, -0.15) is 0 Å². The zero-order chi connectivity index (χ0) is 16.4. The van der Waals surface area contributed by atoms with E-state index in [0.29, 0.717) is 16.4 Å². The molecule has 3 aromatic rings. The Balaban J connectivity index is 1.85. The third-order valence-electron chi connectivity index (χ3n) is 3.22. The van der Waals surface area contributed by atoms with Crippen LogP contribution >= 0.6 is 11.3 Å². The number of anilines is 3. The van der Waals surface area contributed by atoms with Gasteiger partial charge in [0.15, 0.2) is 5.69 Å². The van der Waals surface area contributed by atoms with Crippen molar-refractivity contribution in [1.82, 2.24) is 10.1 Å². The van der Waals surface area contributed by atoms with Crippen LogP contribution in [-0.4, -0.2) is 30.1 Å². The lowest BCUT2D eigenvalue weighted by atomic mass is 10.2. The predicted molar refractivity (Wildman–Crippen MR) is 90.7 cm³/mol. The molecule has 1 amide bonds. The second-order valence-corrected chi connectivity index (χ2v) is 5.90. The molecule has 0 aliphatic carbocycles. The van der Waals surface area contributed by atoms with Gasteiger partial charge in [0.25, 0.3) is 5.91 Å². The minimum absolute atomic E-state index is 0.0300. The summed E-state index contributed by atoms with van der Waals surface area (Å²) in [7, 11) is 3.90. The van der Waals surface area contributed by atoms with Gasteiger partial charge in [0.1, 0.15) is 10.6 Å². The van der Waals surface area contributed by atoms with Crippen LogP contribution in [-0.2, 0) is 0 Å². The monoisotopic (exact) mass is 329 g/mol. The molecule has 0 spiro atoms. The van der Waals surface area contributed by atoms with E-state index in [-0.39, 0.29) is 17.4 Å². The van der Waals surface area contributed by atoms with Gasteiger partial charge in [0, 0.05) is 37.0 Å². The van der Waals surface area contributed by atoms with Crippen LogP contribution in [0.25, 0.3) is 10.7 Å². The summed E-state index contributed by atoms with van der Waals surface area (Å²) in [5.74, 6) is -0.413. The molecule has 0 bridgehead atoms. The highest BCUT2D eigenvalue weighted by atomic mass is 32.1. The molecule has 0 unspecified atom stereocenters. The number of carbonyl (C=O) groups excluding carboxylic acids is 1. The first-order valence-electron chi connectivity index (χ1n) is 6.80. The van der Waals surface area contributed by atoms with E-state index >= 15 is 0 Å². The molecule has 1 aromatic carbocycles. The first-order valence-corrected chi connectivity index (χ1v) is 7.68. The number of amides is 1. The lowest BCUT2D eigenvalue weighted by molar-refractivity contribution is 0.102. The van der Waals surface area contributed by atoms with E-state index in [0.717, 1.165) is 5.69 Å². The lowest BCUT2D eigenvalue weighted by Crippen LogP contribution is -2.14. The van der Waals surface area contributed by atoms with Crippen LogP contribution in [0.4, 0.5) is 17.3 Å². The third-order valence-corrected chi connectivity index (χ3v) is 4.00. The molecule has 3 N–H and O–H groups in total. The summed E-state index contributed by atoms with van der Waals surface area (Å²) in [4.78, 5) is 18.6.